The van der Waals surface area contributed by atoms with E-state index in [-0.39, 0.29) is 0 Å². The van der Waals surface area contributed by atoms with E-state index in [2.05, 4.69) is 15.9 Å². The lowest BCUT2D eigenvalue weighted by Gasteiger charge is -2.25. The van der Waals surface area contributed by atoms with Crippen LogP contribution in [0.2, 0.25) is 0 Å². The van der Waals surface area contributed by atoms with Crippen LogP contribution in [0.4, 0.5) is 0 Å². The normalized spacial score (nSPS) is 11.3. The van der Waals surface area contributed by atoms with Gasteiger partial charge < -0.3 is 10.0 Å². The average Bonchev–Trinajstić information content (AvgIpc) is 2.62. The zero-order chi connectivity index (χ0) is 13.2. The first-order valence-electron chi connectivity index (χ1n) is 4.97. The summed E-state index contributed by atoms with van der Waals surface area (Å²) >= 11 is 4.86. The number of nitrogens with zero attached hydrogens (tertiary/aromatic N) is 1. The van der Waals surface area contributed by atoms with Gasteiger partial charge in [0.15, 0.2) is 0 Å². The van der Waals surface area contributed by atoms with Crippen LogP contribution < -0.4 is 0 Å². The number of carboxylic acids is 1. The minimum absolute atomic E-state index is 0.394. The molecular weight excluding hydrogens is 306 g/mol. The third-order valence-corrected chi connectivity index (χ3v) is 4.11. The van der Waals surface area contributed by atoms with Crippen LogP contribution in [-0.2, 0) is 16.1 Å². The molecule has 94 valence electrons. The highest BCUT2D eigenvalue weighted by atomic mass is 79.9. The third-order valence-electron chi connectivity index (χ3n) is 2.43. The van der Waals surface area contributed by atoms with Crippen molar-refractivity contribution in [2.24, 2.45) is 5.41 Å². The van der Waals surface area contributed by atoms with E-state index in [9.17, 15) is 9.59 Å². The first kappa shape index (κ1) is 14.2. The van der Waals surface area contributed by atoms with Crippen LogP contribution in [0.1, 0.15) is 18.7 Å². The molecule has 0 saturated carbocycles. The monoisotopic (exact) mass is 319 g/mol. The first-order valence-corrected chi connectivity index (χ1v) is 6.64. The summed E-state index contributed by atoms with van der Waals surface area (Å²) in [7, 11) is 1.61. The minimum atomic E-state index is -1.39. The number of carbonyl (C=O) groups excluding carboxylic acids is 1. The smallest absolute Gasteiger partial charge is 0.318 e. The summed E-state index contributed by atoms with van der Waals surface area (Å²) in [5, 5.41) is 10.9. The van der Waals surface area contributed by atoms with Gasteiger partial charge in [-0.25, -0.2) is 0 Å². The lowest BCUT2D eigenvalue weighted by atomic mass is 9.92. The number of carbonyl (C=O) groups is 2. The van der Waals surface area contributed by atoms with Gasteiger partial charge in [0.2, 0.25) is 5.91 Å². The van der Waals surface area contributed by atoms with Gasteiger partial charge in [-0.05, 0) is 35.8 Å². The van der Waals surface area contributed by atoms with Gasteiger partial charge in [-0.1, -0.05) is 0 Å². The van der Waals surface area contributed by atoms with Crippen LogP contribution in [0, 0.1) is 5.41 Å². The van der Waals surface area contributed by atoms with Gasteiger partial charge in [-0.3, -0.25) is 9.59 Å². The van der Waals surface area contributed by atoms with Gasteiger partial charge in [0, 0.05) is 21.8 Å². The van der Waals surface area contributed by atoms with Crippen LogP contribution in [0.3, 0.4) is 0 Å². The van der Waals surface area contributed by atoms with Crippen molar-refractivity contribution in [1.29, 1.82) is 0 Å². The van der Waals surface area contributed by atoms with E-state index in [0.29, 0.717) is 6.54 Å². The van der Waals surface area contributed by atoms with Crippen molar-refractivity contribution in [1.82, 2.24) is 4.90 Å². The second kappa shape index (κ2) is 5.18. The maximum Gasteiger partial charge on any atom is 0.318 e. The fourth-order valence-corrected chi connectivity index (χ4v) is 2.81. The molecule has 4 nitrogen and oxygen atoms in total. The summed E-state index contributed by atoms with van der Waals surface area (Å²) in [5.41, 5.74) is -1.39. The minimum Gasteiger partial charge on any atom is -0.480 e. The summed E-state index contributed by atoms with van der Waals surface area (Å²) in [6.07, 6.45) is 0. The molecule has 0 atom stereocenters. The molecule has 0 aliphatic carbocycles. The molecule has 1 rings (SSSR count). The molecule has 0 spiro atoms. The quantitative estimate of drug-likeness (QED) is 0.868. The molecule has 0 bridgehead atoms. The van der Waals surface area contributed by atoms with Crippen molar-refractivity contribution in [3.8, 4) is 0 Å². The lowest BCUT2D eigenvalue weighted by molar-refractivity contribution is -0.157. The Balaban J connectivity index is 2.74. The fraction of sp³-hybridized carbons (Fsp3) is 0.455. The fourth-order valence-electron chi connectivity index (χ4n) is 1.31. The molecule has 0 aliphatic rings. The lowest BCUT2D eigenvalue weighted by Crippen LogP contribution is -2.42. The van der Waals surface area contributed by atoms with E-state index in [1.807, 2.05) is 11.4 Å². The molecule has 17 heavy (non-hydrogen) atoms. The summed E-state index contributed by atoms with van der Waals surface area (Å²) < 4.78 is 0.968. The van der Waals surface area contributed by atoms with Gasteiger partial charge in [-0.2, -0.15) is 0 Å². The number of halogens is 1. The van der Waals surface area contributed by atoms with Crippen molar-refractivity contribution in [3.63, 3.8) is 0 Å². The van der Waals surface area contributed by atoms with Crippen LogP contribution >= 0.6 is 27.3 Å². The van der Waals surface area contributed by atoms with E-state index >= 15 is 0 Å². The zero-order valence-electron chi connectivity index (χ0n) is 9.86. The number of hydrogen-bond donors (Lipinski definition) is 1. The molecule has 0 saturated heterocycles. The average molecular weight is 320 g/mol. The second-order valence-electron chi connectivity index (χ2n) is 4.32. The van der Waals surface area contributed by atoms with Crippen molar-refractivity contribution >= 4 is 39.1 Å². The largest absolute Gasteiger partial charge is 0.480 e. The molecule has 1 N–H and O–H groups in total. The van der Waals surface area contributed by atoms with Crippen LogP contribution in [0.5, 0.6) is 0 Å². The molecule has 0 fully saturated rings. The number of carboxylic acid groups (broad SMARTS) is 1. The summed E-state index contributed by atoms with van der Waals surface area (Å²) in [6, 6.07) is 1.92. The third kappa shape index (κ3) is 3.29. The molecule has 6 heteroatoms. The maximum atomic E-state index is 12.0. The summed E-state index contributed by atoms with van der Waals surface area (Å²) in [5.74, 6) is -1.50. The first-order chi connectivity index (χ1) is 7.75. The van der Waals surface area contributed by atoms with Gasteiger partial charge >= 0.3 is 5.97 Å². The SMILES string of the molecule is CN(Cc1cc(Br)cs1)C(=O)C(C)(C)C(=O)O. The van der Waals surface area contributed by atoms with Gasteiger partial charge in [-0.15, -0.1) is 11.3 Å². The Morgan fingerprint density at radius 2 is 2.12 bits per heavy atom. The van der Waals surface area contributed by atoms with E-state index < -0.39 is 17.3 Å². The zero-order valence-corrected chi connectivity index (χ0v) is 12.3. The molecular formula is C11H14BrNO3S. The molecule has 0 aliphatic heterocycles. The summed E-state index contributed by atoms with van der Waals surface area (Å²) in [6.45, 7) is 3.25. The number of hydrogen-bond acceptors (Lipinski definition) is 3. The van der Waals surface area contributed by atoms with E-state index in [0.717, 1.165) is 9.35 Å². The Kier molecular flexibility index (Phi) is 4.32. The van der Waals surface area contributed by atoms with E-state index in [1.54, 1.807) is 7.05 Å². The van der Waals surface area contributed by atoms with E-state index in [1.165, 1.54) is 30.1 Å². The second-order valence-corrected chi connectivity index (χ2v) is 6.23. The van der Waals surface area contributed by atoms with E-state index in [4.69, 9.17) is 5.11 Å². The topological polar surface area (TPSA) is 57.6 Å². The van der Waals surface area contributed by atoms with Gasteiger partial charge in [0.1, 0.15) is 5.41 Å². The van der Waals surface area contributed by atoms with Crippen molar-refractivity contribution in [3.05, 3.63) is 20.8 Å². The molecule has 1 amide bonds. The van der Waals surface area contributed by atoms with Crippen molar-refractivity contribution < 1.29 is 14.7 Å². The van der Waals surface area contributed by atoms with Crippen LogP contribution in [-0.4, -0.2) is 28.9 Å². The predicted molar refractivity (Wildman–Crippen MR) is 69.9 cm³/mol. The van der Waals surface area contributed by atoms with Crippen LogP contribution in [0.25, 0.3) is 0 Å². The van der Waals surface area contributed by atoms with Gasteiger partial charge in [0.05, 0.1) is 6.54 Å². The number of rotatable bonds is 4. The number of thiophene rings is 1. The highest BCUT2D eigenvalue weighted by Crippen LogP contribution is 2.23. The van der Waals surface area contributed by atoms with Gasteiger partial charge in [0.25, 0.3) is 0 Å². The predicted octanol–water partition coefficient (Wildman–Crippen LogP) is 2.58. The number of amides is 1. The Morgan fingerprint density at radius 3 is 2.53 bits per heavy atom. The number of aliphatic carboxylic acids is 1. The van der Waals surface area contributed by atoms with Crippen LogP contribution in [0.15, 0.2) is 15.9 Å². The standard InChI is InChI=1S/C11H14BrNO3S/c1-11(2,10(15)16)9(14)13(3)5-8-4-7(12)6-17-8/h4,6H,5H2,1-3H3,(H,15,16). The molecule has 0 unspecified atom stereocenters. The molecule has 1 aromatic rings. The maximum absolute atomic E-state index is 12.0. The van der Waals surface area contributed by atoms with Crippen molar-refractivity contribution in [2.75, 3.05) is 7.05 Å². The van der Waals surface area contributed by atoms with Crippen molar-refractivity contribution in [2.45, 2.75) is 20.4 Å². The Morgan fingerprint density at radius 1 is 1.53 bits per heavy atom. The molecule has 0 radical (unpaired) electrons. The highest BCUT2D eigenvalue weighted by Gasteiger charge is 2.38. The Labute approximate surface area is 112 Å². The Hall–Kier alpha value is -0.880. The molecule has 0 aromatic carbocycles. The Bertz CT molecular complexity index is 442. The molecule has 1 aromatic heterocycles. The summed E-state index contributed by atoms with van der Waals surface area (Å²) in [4.78, 5) is 25.4. The molecule has 1 heterocycles. The highest BCUT2D eigenvalue weighted by molar-refractivity contribution is 9.10.